The molecule has 3 rings (SSSR count). The number of hydrogen-bond acceptors (Lipinski definition) is 3. The molecule has 1 aliphatic carbocycles. The van der Waals surface area contributed by atoms with E-state index in [1.54, 1.807) is 12.1 Å². The molecular formula is C21H32FN3O. The fourth-order valence-electron chi connectivity index (χ4n) is 4.26. The monoisotopic (exact) mass is 361 g/mol. The molecule has 144 valence electrons. The summed E-state index contributed by atoms with van der Waals surface area (Å²) in [5.41, 5.74) is 0.521. The minimum atomic E-state index is -0.332. The molecular weight excluding hydrogens is 329 g/mol. The van der Waals surface area contributed by atoms with Crippen molar-refractivity contribution in [2.75, 3.05) is 38.0 Å². The molecule has 0 aromatic heterocycles. The normalized spacial score (nSPS) is 21.0. The van der Waals surface area contributed by atoms with Gasteiger partial charge in [0.05, 0.1) is 6.04 Å². The van der Waals surface area contributed by atoms with Crippen molar-refractivity contribution in [1.29, 1.82) is 0 Å². The molecule has 1 aliphatic heterocycles. The third kappa shape index (κ3) is 5.52. The number of carbonyl (C=O) groups excluding carboxylic acids is 1. The average Bonchev–Trinajstić information content (AvgIpc) is 3.15. The van der Waals surface area contributed by atoms with Crippen LogP contribution in [0.1, 0.15) is 45.4 Å². The van der Waals surface area contributed by atoms with E-state index < -0.39 is 0 Å². The Bertz CT molecular complexity index is 580. The maximum absolute atomic E-state index is 13.2. The molecule has 1 N–H and O–H groups in total. The summed E-state index contributed by atoms with van der Waals surface area (Å²) in [6.45, 7) is 7.02. The number of anilines is 1. The van der Waals surface area contributed by atoms with Gasteiger partial charge < -0.3 is 10.2 Å². The number of halogens is 1. The first kappa shape index (κ1) is 19.3. The molecule has 2 fully saturated rings. The fraction of sp³-hybridized carbons (Fsp3) is 0.667. The molecule has 1 saturated carbocycles. The molecule has 0 bridgehead atoms. The summed E-state index contributed by atoms with van der Waals surface area (Å²) in [6.07, 6.45) is 8.42. The second-order valence-electron chi connectivity index (χ2n) is 7.85. The van der Waals surface area contributed by atoms with E-state index in [0.29, 0.717) is 5.69 Å². The largest absolute Gasteiger partial charge is 0.325 e. The molecule has 4 nitrogen and oxygen atoms in total. The Labute approximate surface area is 156 Å². The summed E-state index contributed by atoms with van der Waals surface area (Å²) in [7, 11) is 0. The molecule has 1 heterocycles. The van der Waals surface area contributed by atoms with Gasteiger partial charge >= 0.3 is 0 Å². The Morgan fingerprint density at radius 2 is 1.96 bits per heavy atom. The third-order valence-corrected chi connectivity index (χ3v) is 5.99. The third-order valence-electron chi connectivity index (χ3n) is 5.99. The molecule has 26 heavy (non-hydrogen) atoms. The molecule has 0 radical (unpaired) electrons. The summed E-state index contributed by atoms with van der Waals surface area (Å²) in [4.78, 5) is 17.2. The minimum absolute atomic E-state index is 0.0646. The lowest BCUT2D eigenvalue weighted by Gasteiger charge is -2.37. The van der Waals surface area contributed by atoms with Crippen LogP contribution in [0.25, 0.3) is 0 Å². The minimum Gasteiger partial charge on any atom is -0.325 e. The molecule has 0 spiro atoms. The molecule has 1 aromatic carbocycles. The van der Waals surface area contributed by atoms with Crippen molar-refractivity contribution < 1.29 is 9.18 Å². The van der Waals surface area contributed by atoms with Crippen LogP contribution in [-0.4, -0.2) is 54.5 Å². The Morgan fingerprint density at radius 3 is 2.65 bits per heavy atom. The number of nitrogens with one attached hydrogen (secondary N) is 1. The van der Waals surface area contributed by atoms with Gasteiger partial charge in [-0.3, -0.25) is 9.69 Å². The van der Waals surface area contributed by atoms with E-state index in [2.05, 4.69) is 15.1 Å². The van der Waals surface area contributed by atoms with Crippen molar-refractivity contribution in [2.45, 2.75) is 51.5 Å². The second kappa shape index (κ2) is 9.47. The standard InChI is InChI=1S/C21H32FN3O/c1-17(21(26)23-20-10-4-9-19(22)16-20)25-14-12-24(13-15-25)11-5-8-18-6-2-3-7-18/h4,9-10,16-18H,2-3,5-8,11-15H2,1H3,(H,23,26)/t17-/m0/s1. The van der Waals surface area contributed by atoms with Gasteiger partial charge in [0.15, 0.2) is 0 Å². The first-order chi connectivity index (χ1) is 12.6. The van der Waals surface area contributed by atoms with Crippen molar-refractivity contribution in [3.8, 4) is 0 Å². The van der Waals surface area contributed by atoms with Crippen LogP contribution in [0, 0.1) is 11.7 Å². The van der Waals surface area contributed by atoms with Crippen molar-refractivity contribution >= 4 is 11.6 Å². The molecule has 5 heteroatoms. The highest BCUT2D eigenvalue weighted by Gasteiger charge is 2.25. The number of hydrogen-bond donors (Lipinski definition) is 1. The van der Waals surface area contributed by atoms with Gasteiger partial charge in [0.1, 0.15) is 5.82 Å². The number of carbonyl (C=O) groups is 1. The lowest BCUT2D eigenvalue weighted by molar-refractivity contribution is -0.121. The van der Waals surface area contributed by atoms with E-state index in [9.17, 15) is 9.18 Å². The van der Waals surface area contributed by atoms with Crippen LogP contribution in [0.15, 0.2) is 24.3 Å². The highest BCUT2D eigenvalue weighted by Crippen LogP contribution is 2.28. The quantitative estimate of drug-likeness (QED) is 0.804. The summed E-state index contributed by atoms with van der Waals surface area (Å²) < 4.78 is 13.2. The van der Waals surface area contributed by atoms with E-state index in [-0.39, 0.29) is 17.8 Å². The van der Waals surface area contributed by atoms with Gasteiger partial charge in [0.2, 0.25) is 5.91 Å². The number of piperazine rings is 1. The molecule has 1 amide bonds. The van der Waals surface area contributed by atoms with Gasteiger partial charge in [-0.05, 0) is 50.4 Å². The van der Waals surface area contributed by atoms with Gasteiger partial charge in [-0.1, -0.05) is 31.7 Å². The Hall–Kier alpha value is -1.46. The van der Waals surface area contributed by atoms with Gasteiger partial charge in [0, 0.05) is 31.9 Å². The van der Waals surface area contributed by atoms with Crippen LogP contribution in [0.3, 0.4) is 0 Å². The van der Waals surface area contributed by atoms with Crippen LogP contribution in [-0.2, 0) is 4.79 Å². The summed E-state index contributed by atoms with van der Waals surface area (Å²) in [5, 5.41) is 2.82. The molecule has 1 aromatic rings. The first-order valence-corrected chi connectivity index (χ1v) is 10.1. The summed E-state index contributed by atoms with van der Waals surface area (Å²) in [5.74, 6) is 0.579. The predicted molar refractivity (Wildman–Crippen MR) is 104 cm³/mol. The lowest BCUT2D eigenvalue weighted by Crippen LogP contribution is -2.52. The molecule has 2 aliphatic rings. The highest BCUT2D eigenvalue weighted by atomic mass is 19.1. The van der Waals surface area contributed by atoms with E-state index in [1.165, 1.54) is 57.2 Å². The number of nitrogens with zero attached hydrogens (tertiary/aromatic N) is 2. The Morgan fingerprint density at radius 1 is 1.23 bits per heavy atom. The Balaban J connectivity index is 1.37. The lowest BCUT2D eigenvalue weighted by atomic mass is 10.0. The van der Waals surface area contributed by atoms with Crippen LogP contribution in [0.5, 0.6) is 0 Å². The topological polar surface area (TPSA) is 35.6 Å². The maximum atomic E-state index is 13.2. The summed E-state index contributed by atoms with van der Waals surface area (Å²) >= 11 is 0. The van der Waals surface area contributed by atoms with E-state index in [1.807, 2.05) is 6.92 Å². The van der Waals surface area contributed by atoms with Gasteiger partial charge in [-0.25, -0.2) is 4.39 Å². The zero-order valence-electron chi connectivity index (χ0n) is 15.9. The fourth-order valence-corrected chi connectivity index (χ4v) is 4.26. The van der Waals surface area contributed by atoms with E-state index in [0.717, 1.165) is 32.1 Å². The van der Waals surface area contributed by atoms with Gasteiger partial charge in [0.25, 0.3) is 0 Å². The number of rotatable bonds is 7. The zero-order chi connectivity index (χ0) is 18.4. The van der Waals surface area contributed by atoms with Crippen molar-refractivity contribution in [2.24, 2.45) is 5.92 Å². The Kier molecular flexibility index (Phi) is 7.03. The van der Waals surface area contributed by atoms with Crippen molar-refractivity contribution in [3.05, 3.63) is 30.1 Å². The first-order valence-electron chi connectivity index (χ1n) is 10.1. The number of amides is 1. The highest BCUT2D eigenvalue weighted by molar-refractivity contribution is 5.94. The van der Waals surface area contributed by atoms with Crippen LogP contribution < -0.4 is 5.32 Å². The predicted octanol–water partition coefficient (Wildman–Crippen LogP) is 3.74. The molecule has 1 saturated heterocycles. The molecule has 1 atom stereocenters. The second-order valence-corrected chi connectivity index (χ2v) is 7.85. The van der Waals surface area contributed by atoms with Gasteiger partial charge in [-0.2, -0.15) is 0 Å². The van der Waals surface area contributed by atoms with E-state index in [4.69, 9.17) is 0 Å². The van der Waals surface area contributed by atoms with Crippen LogP contribution in [0.4, 0.5) is 10.1 Å². The average molecular weight is 362 g/mol. The van der Waals surface area contributed by atoms with Crippen LogP contribution >= 0.6 is 0 Å². The SMILES string of the molecule is C[C@@H](C(=O)Nc1cccc(F)c1)N1CCN(CCCC2CCCC2)CC1. The van der Waals surface area contributed by atoms with Gasteiger partial charge in [-0.15, -0.1) is 0 Å². The van der Waals surface area contributed by atoms with E-state index >= 15 is 0 Å². The maximum Gasteiger partial charge on any atom is 0.241 e. The number of benzene rings is 1. The summed E-state index contributed by atoms with van der Waals surface area (Å²) in [6, 6.07) is 5.87. The van der Waals surface area contributed by atoms with Crippen LogP contribution in [0.2, 0.25) is 0 Å². The van der Waals surface area contributed by atoms with Crippen molar-refractivity contribution in [3.63, 3.8) is 0 Å². The molecule has 0 unspecified atom stereocenters. The smallest absolute Gasteiger partial charge is 0.241 e. The van der Waals surface area contributed by atoms with Crippen molar-refractivity contribution in [1.82, 2.24) is 9.80 Å². The zero-order valence-corrected chi connectivity index (χ0v) is 15.9.